The molecule has 0 bridgehead atoms. The van der Waals surface area contributed by atoms with E-state index in [1.165, 1.54) is 69.8 Å². The summed E-state index contributed by atoms with van der Waals surface area (Å²) in [5.41, 5.74) is 3.57. The van der Waals surface area contributed by atoms with Crippen LogP contribution in [0, 0.1) is 23.7 Å². The number of benzene rings is 2. The molecule has 0 saturated heterocycles. The number of unbranched alkanes of at least 4 members (excludes halogenated alkanes) is 3. The highest BCUT2D eigenvalue weighted by Crippen LogP contribution is 2.34. The van der Waals surface area contributed by atoms with Crippen LogP contribution in [-0.2, 0) is 6.42 Å². The first-order valence-corrected chi connectivity index (χ1v) is 13.1. The molecule has 32 heavy (non-hydrogen) atoms. The Labute approximate surface area is 197 Å². The normalized spacial score (nSPS) is 18.1. The third-order valence-electron chi connectivity index (χ3n) is 6.95. The fourth-order valence-corrected chi connectivity index (χ4v) is 4.73. The topological polar surface area (TPSA) is 9.23 Å². The molecule has 0 radical (unpaired) electrons. The molecule has 1 aliphatic rings. The molecule has 2 aromatic carbocycles. The molecule has 0 atom stereocenters. The monoisotopic (exact) mass is 430 g/mol. The molecule has 0 N–H and O–H groups in total. The third-order valence-corrected chi connectivity index (χ3v) is 6.95. The van der Waals surface area contributed by atoms with Crippen LogP contribution in [0.15, 0.2) is 48.5 Å². The van der Waals surface area contributed by atoms with Crippen LogP contribution in [-0.4, -0.2) is 6.61 Å². The number of hydrogen-bond acceptors (Lipinski definition) is 1. The summed E-state index contributed by atoms with van der Waals surface area (Å²) in [4.78, 5) is 0. The zero-order chi connectivity index (χ0) is 22.4. The van der Waals surface area contributed by atoms with Crippen LogP contribution < -0.4 is 4.74 Å². The molecule has 2 aromatic rings. The molecule has 1 heteroatoms. The van der Waals surface area contributed by atoms with Gasteiger partial charge in [-0.2, -0.15) is 0 Å². The van der Waals surface area contributed by atoms with Gasteiger partial charge < -0.3 is 4.74 Å². The smallest absolute Gasteiger partial charge is 0.119 e. The molecule has 3 rings (SSSR count). The number of aryl methyl sites for hydroxylation is 1. The van der Waals surface area contributed by atoms with E-state index in [4.69, 9.17) is 4.74 Å². The summed E-state index contributed by atoms with van der Waals surface area (Å²) >= 11 is 0. The van der Waals surface area contributed by atoms with Crippen molar-refractivity contribution >= 4 is 0 Å². The van der Waals surface area contributed by atoms with Crippen LogP contribution in [0.2, 0.25) is 0 Å². The zero-order valence-corrected chi connectivity index (χ0v) is 20.4. The summed E-state index contributed by atoms with van der Waals surface area (Å²) in [5.74, 6) is 9.45. The molecule has 0 amide bonds. The van der Waals surface area contributed by atoms with Gasteiger partial charge in [0.05, 0.1) is 6.61 Å². The second-order valence-corrected chi connectivity index (χ2v) is 9.59. The maximum Gasteiger partial charge on any atom is 0.119 e. The maximum atomic E-state index is 5.72. The van der Waals surface area contributed by atoms with E-state index in [-0.39, 0.29) is 0 Å². The molecular formula is C31H42O. The van der Waals surface area contributed by atoms with Gasteiger partial charge >= 0.3 is 0 Å². The van der Waals surface area contributed by atoms with Gasteiger partial charge in [0.2, 0.25) is 0 Å². The Kier molecular flexibility index (Phi) is 10.7. The highest BCUT2D eigenvalue weighted by atomic mass is 16.5. The standard InChI is InChI=1S/C31H42O/c1-3-5-7-8-26-9-11-27(12-10-26)13-14-28-15-17-29(18-16-28)19-20-30-21-23-31(24-22-30)32-25-6-4-2/h15-18,21-24,26-27H,3-14,25H2,1-2H3/t26-,27-. The second kappa shape index (κ2) is 14.1. The van der Waals surface area contributed by atoms with Crippen molar-refractivity contribution in [2.24, 2.45) is 11.8 Å². The molecule has 172 valence electrons. The van der Waals surface area contributed by atoms with Gasteiger partial charge in [-0.1, -0.05) is 95.6 Å². The molecule has 0 aliphatic heterocycles. The lowest BCUT2D eigenvalue weighted by atomic mass is 9.78. The van der Waals surface area contributed by atoms with Gasteiger partial charge in [-0.25, -0.2) is 0 Å². The van der Waals surface area contributed by atoms with Crippen LogP contribution in [0.5, 0.6) is 5.75 Å². The van der Waals surface area contributed by atoms with Crippen LogP contribution in [0.4, 0.5) is 0 Å². The number of ether oxygens (including phenoxy) is 1. The lowest BCUT2D eigenvalue weighted by Gasteiger charge is -2.28. The summed E-state index contributed by atoms with van der Waals surface area (Å²) in [6, 6.07) is 17.0. The molecule has 0 spiro atoms. The van der Waals surface area contributed by atoms with E-state index < -0.39 is 0 Å². The largest absolute Gasteiger partial charge is 0.494 e. The summed E-state index contributed by atoms with van der Waals surface area (Å²) in [7, 11) is 0. The molecule has 0 unspecified atom stereocenters. The lowest BCUT2D eigenvalue weighted by molar-refractivity contribution is 0.249. The number of hydrogen-bond donors (Lipinski definition) is 0. The molecule has 1 aliphatic carbocycles. The van der Waals surface area contributed by atoms with Crippen molar-refractivity contribution in [1.82, 2.24) is 0 Å². The fraction of sp³-hybridized carbons (Fsp3) is 0.548. The summed E-state index contributed by atoms with van der Waals surface area (Å²) in [6.07, 6.45) is 16.3. The van der Waals surface area contributed by atoms with Crippen molar-refractivity contribution in [2.75, 3.05) is 6.61 Å². The number of rotatable bonds is 11. The molecular weight excluding hydrogens is 388 g/mol. The SMILES string of the molecule is CCCCC[C@H]1CC[C@H](CCc2ccc(C#Cc3ccc(OCCCC)cc3)cc2)CC1. The van der Waals surface area contributed by atoms with Crippen LogP contribution >= 0.6 is 0 Å². The van der Waals surface area contributed by atoms with E-state index in [2.05, 4.69) is 50.0 Å². The van der Waals surface area contributed by atoms with Crippen molar-refractivity contribution < 1.29 is 4.74 Å². The van der Waals surface area contributed by atoms with Crippen molar-refractivity contribution in [1.29, 1.82) is 0 Å². The zero-order valence-electron chi connectivity index (χ0n) is 20.4. The molecule has 1 saturated carbocycles. The lowest BCUT2D eigenvalue weighted by Crippen LogP contribution is -2.15. The first kappa shape index (κ1) is 24.4. The average Bonchev–Trinajstić information content (AvgIpc) is 2.84. The third kappa shape index (κ3) is 8.74. The van der Waals surface area contributed by atoms with Gasteiger partial charge in [0.1, 0.15) is 5.75 Å². The minimum absolute atomic E-state index is 0.786. The minimum Gasteiger partial charge on any atom is -0.494 e. The Hall–Kier alpha value is -2.20. The first-order chi connectivity index (χ1) is 15.8. The van der Waals surface area contributed by atoms with Gasteiger partial charge in [-0.15, -0.1) is 0 Å². The van der Waals surface area contributed by atoms with Crippen LogP contribution in [0.25, 0.3) is 0 Å². The van der Waals surface area contributed by atoms with Crippen molar-refractivity contribution in [3.8, 4) is 17.6 Å². The van der Waals surface area contributed by atoms with Gasteiger partial charge in [0.15, 0.2) is 0 Å². The maximum absolute atomic E-state index is 5.72. The average molecular weight is 431 g/mol. The van der Waals surface area contributed by atoms with Crippen molar-refractivity contribution in [2.45, 2.75) is 90.9 Å². The van der Waals surface area contributed by atoms with E-state index in [0.29, 0.717) is 0 Å². The van der Waals surface area contributed by atoms with Crippen molar-refractivity contribution in [3.05, 3.63) is 65.2 Å². The van der Waals surface area contributed by atoms with Crippen molar-refractivity contribution in [3.63, 3.8) is 0 Å². The first-order valence-electron chi connectivity index (χ1n) is 13.1. The molecule has 1 nitrogen and oxygen atoms in total. The molecule has 1 fully saturated rings. The quantitative estimate of drug-likeness (QED) is 0.256. The van der Waals surface area contributed by atoms with Crippen LogP contribution in [0.3, 0.4) is 0 Å². The van der Waals surface area contributed by atoms with Crippen LogP contribution in [0.1, 0.15) is 101 Å². The van der Waals surface area contributed by atoms with E-state index in [9.17, 15) is 0 Å². The highest BCUT2D eigenvalue weighted by molar-refractivity contribution is 5.44. The predicted octanol–water partition coefficient (Wildman–Crippen LogP) is 8.58. The van der Waals surface area contributed by atoms with E-state index in [1.807, 2.05) is 24.3 Å². The molecule has 0 aromatic heterocycles. The Morgan fingerprint density at radius 2 is 1.25 bits per heavy atom. The second-order valence-electron chi connectivity index (χ2n) is 9.59. The fourth-order valence-electron chi connectivity index (χ4n) is 4.73. The Bertz CT molecular complexity index is 814. The highest BCUT2D eigenvalue weighted by Gasteiger charge is 2.20. The molecule has 0 heterocycles. The van der Waals surface area contributed by atoms with Gasteiger partial charge in [0, 0.05) is 11.1 Å². The minimum atomic E-state index is 0.786. The predicted molar refractivity (Wildman–Crippen MR) is 137 cm³/mol. The van der Waals surface area contributed by atoms with Gasteiger partial charge in [-0.3, -0.25) is 0 Å². The van der Waals surface area contributed by atoms with E-state index in [0.717, 1.165) is 48.2 Å². The van der Waals surface area contributed by atoms with E-state index >= 15 is 0 Å². The summed E-state index contributed by atoms with van der Waals surface area (Å²) in [5, 5.41) is 0. The summed E-state index contributed by atoms with van der Waals surface area (Å²) < 4.78 is 5.72. The Balaban J connectivity index is 1.39. The summed E-state index contributed by atoms with van der Waals surface area (Å²) in [6.45, 7) is 5.27. The Morgan fingerprint density at radius 1 is 0.688 bits per heavy atom. The van der Waals surface area contributed by atoms with Gasteiger partial charge in [0.25, 0.3) is 0 Å². The van der Waals surface area contributed by atoms with E-state index in [1.54, 1.807) is 0 Å². The van der Waals surface area contributed by atoms with Gasteiger partial charge in [-0.05, 0) is 73.1 Å². The Morgan fingerprint density at radius 3 is 1.84 bits per heavy atom.